The first-order valence-corrected chi connectivity index (χ1v) is 6.73. The highest BCUT2D eigenvalue weighted by molar-refractivity contribution is 7.99. The van der Waals surface area contributed by atoms with E-state index in [1.807, 2.05) is 6.92 Å². The van der Waals surface area contributed by atoms with Gasteiger partial charge < -0.3 is 4.74 Å². The summed E-state index contributed by atoms with van der Waals surface area (Å²) >= 11 is 1.05. The molecule has 0 saturated heterocycles. The van der Waals surface area contributed by atoms with Crippen LogP contribution in [0.5, 0.6) is 0 Å². The number of alkyl halides is 3. The van der Waals surface area contributed by atoms with Gasteiger partial charge in [0, 0.05) is 6.20 Å². The summed E-state index contributed by atoms with van der Waals surface area (Å²) < 4.78 is 41.8. The minimum atomic E-state index is -4.39. The Hall–Kier alpha value is -1.24. The van der Waals surface area contributed by atoms with Crippen LogP contribution in [0.1, 0.15) is 25.3 Å². The van der Waals surface area contributed by atoms with Crippen LogP contribution in [-0.2, 0) is 15.7 Å². The summed E-state index contributed by atoms with van der Waals surface area (Å²) in [5.74, 6) is -0.345. The third-order valence-corrected chi connectivity index (χ3v) is 3.08. The number of halogens is 3. The van der Waals surface area contributed by atoms with Gasteiger partial charge in [0.1, 0.15) is 0 Å². The molecule has 1 heterocycles. The Morgan fingerprint density at radius 3 is 2.68 bits per heavy atom. The predicted molar refractivity (Wildman–Crippen MR) is 65.8 cm³/mol. The van der Waals surface area contributed by atoms with Crippen LogP contribution in [0.3, 0.4) is 0 Å². The molecular weight excluding hydrogens is 279 g/mol. The maximum atomic E-state index is 12.3. The first-order valence-electron chi connectivity index (χ1n) is 5.75. The van der Waals surface area contributed by atoms with Crippen LogP contribution in [0.15, 0.2) is 23.4 Å². The van der Waals surface area contributed by atoms with Crippen LogP contribution in [-0.4, -0.2) is 23.3 Å². The second-order valence-corrected chi connectivity index (χ2v) is 4.74. The average molecular weight is 293 g/mol. The number of hydrogen-bond acceptors (Lipinski definition) is 4. The van der Waals surface area contributed by atoms with Crippen molar-refractivity contribution in [3.05, 3.63) is 23.9 Å². The summed E-state index contributed by atoms with van der Waals surface area (Å²) in [5.41, 5.74) is -0.803. The summed E-state index contributed by atoms with van der Waals surface area (Å²) in [4.78, 5) is 14.9. The molecule has 1 aromatic heterocycles. The van der Waals surface area contributed by atoms with Crippen molar-refractivity contribution in [2.45, 2.75) is 31.0 Å². The molecule has 0 aliphatic carbocycles. The fourth-order valence-electron chi connectivity index (χ4n) is 1.14. The Bertz CT molecular complexity index is 406. The quantitative estimate of drug-likeness (QED) is 0.457. The predicted octanol–water partition coefficient (Wildman–Crippen LogP) is 3.54. The largest absolute Gasteiger partial charge is 0.465 e. The SMILES string of the molecule is CCCCOC(=O)CSc1ccc(C(F)(F)F)cn1. The van der Waals surface area contributed by atoms with Crippen molar-refractivity contribution in [2.24, 2.45) is 0 Å². The third kappa shape index (κ3) is 5.96. The summed E-state index contributed by atoms with van der Waals surface area (Å²) in [6.45, 7) is 2.35. The van der Waals surface area contributed by atoms with Gasteiger partial charge in [-0.05, 0) is 18.6 Å². The van der Waals surface area contributed by atoms with E-state index in [1.165, 1.54) is 6.07 Å². The van der Waals surface area contributed by atoms with Gasteiger partial charge in [-0.1, -0.05) is 25.1 Å². The number of thioether (sulfide) groups is 1. The van der Waals surface area contributed by atoms with Crippen molar-refractivity contribution in [3.63, 3.8) is 0 Å². The fraction of sp³-hybridized carbons (Fsp3) is 0.500. The van der Waals surface area contributed by atoms with Gasteiger partial charge in [-0.25, -0.2) is 4.98 Å². The Kier molecular flexibility index (Phi) is 6.14. The standard InChI is InChI=1S/C12H14F3NO2S/c1-2-3-6-18-11(17)8-19-10-5-4-9(7-16-10)12(13,14)15/h4-5,7H,2-3,6,8H2,1H3. The van der Waals surface area contributed by atoms with E-state index in [0.717, 1.165) is 36.9 Å². The molecule has 106 valence electrons. The van der Waals surface area contributed by atoms with Crippen molar-refractivity contribution in [1.82, 2.24) is 4.98 Å². The number of carbonyl (C=O) groups is 1. The lowest BCUT2D eigenvalue weighted by Crippen LogP contribution is -2.09. The maximum Gasteiger partial charge on any atom is 0.417 e. The molecule has 0 fully saturated rings. The van der Waals surface area contributed by atoms with Crippen LogP contribution >= 0.6 is 11.8 Å². The minimum Gasteiger partial charge on any atom is -0.465 e. The van der Waals surface area contributed by atoms with E-state index in [1.54, 1.807) is 0 Å². The molecule has 1 aromatic rings. The smallest absolute Gasteiger partial charge is 0.417 e. The zero-order valence-corrected chi connectivity index (χ0v) is 11.2. The highest BCUT2D eigenvalue weighted by Gasteiger charge is 2.30. The van der Waals surface area contributed by atoms with Crippen molar-refractivity contribution >= 4 is 17.7 Å². The lowest BCUT2D eigenvalue weighted by molar-refractivity contribution is -0.140. The second-order valence-electron chi connectivity index (χ2n) is 3.75. The van der Waals surface area contributed by atoms with E-state index in [9.17, 15) is 18.0 Å². The van der Waals surface area contributed by atoms with Crippen LogP contribution in [0.2, 0.25) is 0 Å². The molecule has 19 heavy (non-hydrogen) atoms. The zero-order chi connectivity index (χ0) is 14.3. The van der Waals surface area contributed by atoms with Gasteiger partial charge in [0.2, 0.25) is 0 Å². The van der Waals surface area contributed by atoms with Crippen LogP contribution in [0.4, 0.5) is 13.2 Å². The van der Waals surface area contributed by atoms with Crippen LogP contribution < -0.4 is 0 Å². The Labute approximate surface area is 113 Å². The van der Waals surface area contributed by atoms with Crippen molar-refractivity contribution < 1.29 is 22.7 Å². The molecule has 0 aliphatic heterocycles. The topological polar surface area (TPSA) is 39.2 Å². The van der Waals surface area contributed by atoms with E-state index in [2.05, 4.69) is 4.98 Å². The normalized spacial score (nSPS) is 11.4. The number of carbonyl (C=O) groups excluding carboxylic acids is 1. The van der Waals surface area contributed by atoms with Gasteiger partial charge >= 0.3 is 12.1 Å². The number of pyridine rings is 1. The minimum absolute atomic E-state index is 0.0437. The fourth-order valence-corrected chi connectivity index (χ4v) is 1.78. The number of rotatable bonds is 6. The molecule has 7 heteroatoms. The Morgan fingerprint density at radius 1 is 1.42 bits per heavy atom. The number of nitrogens with zero attached hydrogens (tertiary/aromatic N) is 1. The molecule has 0 atom stereocenters. The van der Waals surface area contributed by atoms with Crippen LogP contribution in [0, 0.1) is 0 Å². The summed E-state index contributed by atoms with van der Waals surface area (Å²) in [5, 5.41) is 0.362. The van der Waals surface area contributed by atoms with Crippen molar-refractivity contribution in [3.8, 4) is 0 Å². The number of esters is 1. The molecular formula is C12H14F3NO2S. The zero-order valence-electron chi connectivity index (χ0n) is 10.4. The molecule has 0 aromatic carbocycles. The highest BCUT2D eigenvalue weighted by Crippen LogP contribution is 2.29. The van der Waals surface area contributed by atoms with Crippen molar-refractivity contribution in [1.29, 1.82) is 0 Å². The lowest BCUT2D eigenvalue weighted by atomic mass is 10.3. The van der Waals surface area contributed by atoms with E-state index in [0.29, 0.717) is 11.6 Å². The van der Waals surface area contributed by atoms with Gasteiger partial charge in [0.05, 0.1) is 22.9 Å². The monoisotopic (exact) mass is 293 g/mol. The van der Waals surface area contributed by atoms with Gasteiger partial charge in [-0.2, -0.15) is 13.2 Å². The van der Waals surface area contributed by atoms with E-state index < -0.39 is 11.7 Å². The molecule has 0 spiro atoms. The second kappa shape index (κ2) is 7.37. The molecule has 1 rings (SSSR count). The molecule has 0 unspecified atom stereocenters. The number of ether oxygens (including phenoxy) is 1. The van der Waals surface area contributed by atoms with Gasteiger partial charge in [0.25, 0.3) is 0 Å². The lowest BCUT2D eigenvalue weighted by Gasteiger charge is -2.06. The summed E-state index contributed by atoms with van der Waals surface area (Å²) in [6, 6.07) is 2.19. The number of unbranched alkanes of at least 4 members (excludes halogenated alkanes) is 1. The molecule has 3 nitrogen and oxygen atoms in total. The first-order chi connectivity index (χ1) is 8.93. The van der Waals surface area contributed by atoms with E-state index in [4.69, 9.17) is 4.74 Å². The summed E-state index contributed by atoms with van der Waals surface area (Å²) in [7, 11) is 0. The average Bonchev–Trinajstić information content (AvgIpc) is 2.36. The third-order valence-electron chi connectivity index (χ3n) is 2.16. The van der Waals surface area contributed by atoms with E-state index >= 15 is 0 Å². The molecule has 0 aliphatic rings. The Balaban J connectivity index is 2.40. The van der Waals surface area contributed by atoms with E-state index in [-0.39, 0.29) is 11.7 Å². The summed E-state index contributed by atoms with van der Waals surface area (Å²) in [6.07, 6.45) is -1.91. The Morgan fingerprint density at radius 2 is 2.16 bits per heavy atom. The number of aromatic nitrogens is 1. The van der Waals surface area contributed by atoms with Gasteiger partial charge in [-0.15, -0.1) is 0 Å². The van der Waals surface area contributed by atoms with Crippen molar-refractivity contribution in [2.75, 3.05) is 12.4 Å². The first kappa shape index (κ1) is 15.8. The molecule has 0 radical (unpaired) electrons. The molecule has 0 saturated carbocycles. The van der Waals surface area contributed by atoms with Crippen LogP contribution in [0.25, 0.3) is 0 Å². The number of hydrogen-bond donors (Lipinski definition) is 0. The maximum absolute atomic E-state index is 12.3. The van der Waals surface area contributed by atoms with Gasteiger partial charge in [0.15, 0.2) is 0 Å². The highest BCUT2D eigenvalue weighted by atomic mass is 32.2. The molecule has 0 bridgehead atoms. The molecule has 0 amide bonds. The van der Waals surface area contributed by atoms with Gasteiger partial charge in [-0.3, -0.25) is 4.79 Å². The molecule has 0 N–H and O–H groups in total.